The molecular formula is C20H18N4O4S. The van der Waals surface area contributed by atoms with Gasteiger partial charge in [0.1, 0.15) is 11.7 Å². The molecule has 148 valence electrons. The molecule has 3 aliphatic rings. The maximum Gasteiger partial charge on any atom is 0.278 e. The molecule has 0 bridgehead atoms. The van der Waals surface area contributed by atoms with Crippen LogP contribution in [0.5, 0.6) is 0 Å². The molecule has 1 fully saturated rings. The lowest BCUT2D eigenvalue weighted by Gasteiger charge is -2.30. The van der Waals surface area contributed by atoms with E-state index in [1.54, 1.807) is 16.8 Å². The van der Waals surface area contributed by atoms with Gasteiger partial charge in [-0.3, -0.25) is 29.4 Å². The number of fused-ring (bicyclic) bond motifs is 1. The number of thiazole rings is 1. The van der Waals surface area contributed by atoms with Gasteiger partial charge in [0.25, 0.3) is 11.8 Å². The van der Waals surface area contributed by atoms with E-state index in [1.165, 1.54) is 0 Å². The Hall–Kier alpha value is -3.07. The SMILES string of the molecule is O=C1CCC(N2C(=O)C3=C(C2=O)N(Cc2ccc4ncsc4c2)CCC3)C(=O)N1. The van der Waals surface area contributed by atoms with Crippen molar-refractivity contribution in [2.45, 2.75) is 38.3 Å². The second-order valence-electron chi connectivity index (χ2n) is 7.45. The lowest BCUT2D eigenvalue weighted by atomic mass is 10.0. The summed E-state index contributed by atoms with van der Waals surface area (Å²) in [6.07, 6.45) is 1.58. The molecule has 1 aromatic carbocycles. The Bertz CT molecular complexity index is 1100. The Morgan fingerprint density at radius 2 is 2.00 bits per heavy atom. The molecule has 8 nitrogen and oxygen atoms in total. The van der Waals surface area contributed by atoms with Crippen LogP contribution in [0.25, 0.3) is 10.2 Å². The Morgan fingerprint density at radius 3 is 2.83 bits per heavy atom. The third-order valence-electron chi connectivity index (χ3n) is 5.65. The average molecular weight is 410 g/mol. The number of piperidine rings is 1. The van der Waals surface area contributed by atoms with Gasteiger partial charge in [0, 0.05) is 25.1 Å². The van der Waals surface area contributed by atoms with Gasteiger partial charge in [-0.25, -0.2) is 4.98 Å². The molecule has 1 saturated heterocycles. The molecule has 3 aliphatic heterocycles. The monoisotopic (exact) mass is 410 g/mol. The van der Waals surface area contributed by atoms with E-state index in [0.717, 1.165) is 27.1 Å². The van der Waals surface area contributed by atoms with Crippen molar-refractivity contribution in [1.82, 2.24) is 20.1 Å². The largest absolute Gasteiger partial charge is 0.362 e. The van der Waals surface area contributed by atoms with Crippen LogP contribution >= 0.6 is 11.3 Å². The van der Waals surface area contributed by atoms with E-state index in [-0.39, 0.29) is 18.7 Å². The molecular weight excluding hydrogens is 392 g/mol. The third-order valence-corrected chi connectivity index (χ3v) is 6.44. The number of imide groups is 2. The number of hydrogen-bond acceptors (Lipinski definition) is 7. The minimum absolute atomic E-state index is 0.122. The Balaban J connectivity index is 1.43. The van der Waals surface area contributed by atoms with Crippen molar-refractivity contribution in [3.63, 3.8) is 0 Å². The first-order valence-corrected chi connectivity index (χ1v) is 10.4. The zero-order valence-electron chi connectivity index (χ0n) is 15.5. The van der Waals surface area contributed by atoms with E-state index in [1.807, 2.05) is 17.0 Å². The maximum atomic E-state index is 13.2. The van der Waals surface area contributed by atoms with Crippen LogP contribution in [0.3, 0.4) is 0 Å². The highest BCUT2D eigenvalue weighted by atomic mass is 32.1. The summed E-state index contributed by atoms with van der Waals surface area (Å²) < 4.78 is 1.08. The standard InChI is InChI=1S/C20H18N4O4S/c25-16-6-5-14(18(26)22-16)24-19(27)12-2-1-7-23(17(12)20(24)28)9-11-3-4-13-15(8-11)29-10-21-13/h3-4,8,10,14H,1-2,5-7,9H2,(H,22,25,26). The second kappa shape index (κ2) is 6.77. The molecule has 1 atom stereocenters. The fourth-order valence-electron chi connectivity index (χ4n) is 4.28. The van der Waals surface area contributed by atoms with Crippen LogP contribution in [0.2, 0.25) is 0 Å². The van der Waals surface area contributed by atoms with Crippen molar-refractivity contribution >= 4 is 45.2 Å². The highest BCUT2D eigenvalue weighted by Crippen LogP contribution is 2.35. The van der Waals surface area contributed by atoms with E-state index in [9.17, 15) is 19.2 Å². The number of nitrogens with zero attached hydrogens (tertiary/aromatic N) is 3. The van der Waals surface area contributed by atoms with E-state index in [4.69, 9.17) is 0 Å². The van der Waals surface area contributed by atoms with Gasteiger partial charge in [-0.1, -0.05) is 6.07 Å². The second-order valence-corrected chi connectivity index (χ2v) is 8.34. The fraction of sp³-hybridized carbons (Fsp3) is 0.350. The number of carbonyl (C=O) groups excluding carboxylic acids is 4. The number of aromatic nitrogens is 1. The minimum Gasteiger partial charge on any atom is -0.362 e. The summed E-state index contributed by atoms with van der Waals surface area (Å²) in [7, 11) is 0. The van der Waals surface area contributed by atoms with Crippen molar-refractivity contribution in [3.8, 4) is 0 Å². The first-order valence-electron chi connectivity index (χ1n) is 9.55. The van der Waals surface area contributed by atoms with Crippen molar-refractivity contribution in [3.05, 3.63) is 40.5 Å². The molecule has 0 saturated carbocycles. The fourth-order valence-corrected chi connectivity index (χ4v) is 5.02. The molecule has 1 unspecified atom stereocenters. The molecule has 0 aliphatic carbocycles. The molecule has 1 N–H and O–H groups in total. The van der Waals surface area contributed by atoms with Crippen LogP contribution in [0.15, 0.2) is 35.0 Å². The number of benzene rings is 1. The summed E-state index contributed by atoms with van der Waals surface area (Å²) in [5, 5.41) is 2.23. The minimum atomic E-state index is -0.923. The van der Waals surface area contributed by atoms with E-state index in [2.05, 4.69) is 16.4 Å². The highest BCUT2D eigenvalue weighted by molar-refractivity contribution is 7.16. The van der Waals surface area contributed by atoms with Crippen LogP contribution in [-0.2, 0) is 25.7 Å². The Kier molecular flexibility index (Phi) is 4.20. The van der Waals surface area contributed by atoms with Crippen LogP contribution in [0.4, 0.5) is 0 Å². The molecule has 9 heteroatoms. The zero-order valence-corrected chi connectivity index (χ0v) is 16.3. The van der Waals surface area contributed by atoms with Crippen molar-refractivity contribution < 1.29 is 19.2 Å². The smallest absolute Gasteiger partial charge is 0.278 e. The van der Waals surface area contributed by atoms with E-state index < -0.39 is 23.8 Å². The van der Waals surface area contributed by atoms with Gasteiger partial charge >= 0.3 is 0 Å². The van der Waals surface area contributed by atoms with Crippen molar-refractivity contribution in [2.75, 3.05) is 6.54 Å². The topological polar surface area (TPSA) is 99.7 Å². The van der Waals surface area contributed by atoms with Gasteiger partial charge in [0.05, 0.1) is 15.7 Å². The molecule has 5 rings (SSSR count). The molecule has 4 amide bonds. The first-order chi connectivity index (χ1) is 14.0. The van der Waals surface area contributed by atoms with Gasteiger partial charge in [-0.2, -0.15) is 0 Å². The number of rotatable bonds is 3. The zero-order chi connectivity index (χ0) is 20.1. The van der Waals surface area contributed by atoms with Crippen LogP contribution in [0.1, 0.15) is 31.2 Å². The predicted molar refractivity (Wildman–Crippen MR) is 104 cm³/mol. The Morgan fingerprint density at radius 1 is 1.14 bits per heavy atom. The molecule has 0 spiro atoms. The van der Waals surface area contributed by atoms with Gasteiger partial charge < -0.3 is 4.90 Å². The normalized spacial score (nSPS) is 22.6. The van der Waals surface area contributed by atoms with Gasteiger partial charge in [-0.15, -0.1) is 11.3 Å². The molecule has 0 radical (unpaired) electrons. The predicted octanol–water partition coefficient (Wildman–Crippen LogP) is 1.32. The molecule has 1 aromatic heterocycles. The van der Waals surface area contributed by atoms with Gasteiger partial charge in [0.2, 0.25) is 11.8 Å². The lowest BCUT2D eigenvalue weighted by molar-refractivity contribution is -0.150. The summed E-state index contributed by atoms with van der Waals surface area (Å²) in [4.78, 5) is 57.1. The Labute approximate surface area is 170 Å². The third kappa shape index (κ3) is 2.93. The number of amides is 4. The summed E-state index contributed by atoms with van der Waals surface area (Å²) in [5.41, 5.74) is 4.65. The summed E-state index contributed by atoms with van der Waals surface area (Å²) >= 11 is 1.56. The quantitative estimate of drug-likeness (QED) is 0.766. The van der Waals surface area contributed by atoms with Crippen LogP contribution in [-0.4, -0.2) is 51.0 Å². The van der Waals surface area contributed by atoms with Crippen molar-refractivity contribution in [2.24, 2.45) is 0 Å². The van der Waals surface area contributed by atoms with Crippen LogP contribution < -0.4 is 5.32 Å². The summed E-state index contributed by atoms with van der Waals surface area (Å²) in [5.74, 6) is -1.78. The summed E-state index contributed by atoms with van der Waals surface area (Å²) in [6, 6.07) is 5.07. The first kappa shape index (κ1) is 18.0. The van der Waals surface area contributed by atoms with E-state index in [0.29, 0.717) is 30.8 Å². The number of carbonyl (C=O) groups is 4. The van der Waals surface area contributed by atoms with E-state index >= 15 is 0 Å². The number of nitrogens with one attached hydrogen (secondary N) is 1. The van der Waals surface area contributed by atoms with Crippen LogP contribution in [0, 0.1) is 0 Å². The lowest BCUT2D eigenvalue weighted by Crippen LogP contribution is -2.55. The van der Waals surface area contributed by atoms with Gasteiger partial charge in [0.15, 0.2) is 0 Å². The molecule has 29 heavy (non-hydrogen) atoms. The maximum absolute atomic E-state index is 13.2. The average Bonchev–Trinajstić information content (AvgIpc) is 3.26. The van der Waals surface area contributed by atoms with Gasteiger partial charge in [-0.05, 0) is 37.0 Å². The number of hydrogen-bond donors (Lipinski definition) is 1. The molecule has 4 heterocycles. The molecule has 2 aromatic rings. The summed E-state index contributed by atoms with van der Waals surface area (Å²) in [6.45, 7) is 1.18. The highest BCUT2D eigenvalue weighted by Gasteiger charge is 2.48. The van der Waals surface area contributed by atoms with Crippen molar-refractivity contribution in [1.29, 1.82) is 0 Å².